The molecule has 3 atom stereocenters. The van der Waals surface area contributed by atoms with E-state index in [0.29, 0.717) is 73.7 Å². The van der Waals surface area contributed by atoms with Crippen LogP contribution in [0.25, 0.3) is 33.5 Å². The van der Waals surface area contributed by atoms with Crippen molar-refractivity contribution < 1.29 is 32.2 Å². The summed E-state index contributed by atoms with van der Waals surface area (Å²) in [4.78, 5) is 37.0. The SMILES string of the molecule is COc1nc(O[C@H]2CCc3c(-c4nccc(-c5ccc6c(CNC[C@@H]7CCC(=O)N7)cn(C)c6n5)c4Cl)cccc32)c(C(F)(F)F)cc1CNC[C@@H]1CCC(=O)N1. The number of nitrogens with zero attached hydrogens (tertiary/aromatic N) is 4. The molecule has 2 amide bonds. The topological polar surface area (TPSA) is 144 Å². The number of nitrogens with one attached hydrogen (secondary N) is 4. The lowest BCUT2D eigenvalue weighted by Gasteiger charge is -2.21. The second kappa shape index (κ2) is 15.9. The van der Waals surface area contributed by atoms with Crippen molar-refractivity contribution in [3.63, 3.8) is 0 Å². The molecule has 4 N–H and O–H groups in total. The predicted molar refractivity (Wildman–Crippen MR) is 208 cm³/mol. The van der Waals surface area contributed by atoms with Crippen molar-refractivity contribution in [1.82, 2.24) is 40.8 Å². The molecule has 2 aliphatic heterocycles. The molecule has 0 spiro atoms. The van der Waals surface area contributed by atoms with Gasteiger partial charge in [0, 0.05) is 92.6 Å². The van der Waals surface area contributed by atoms with Crippen LogP contribution >= 0.6 is 11.6 Å². The maximum Gasteiger partial charge on any atom is 0.421 e. The second-order valence-electron chi connectivity index (χ2n) is 14.7. The number of hydrogen-bond donors (Lipinski definition) is 4. The lowest BCUT2D eigenvalue weighted by atomic mass is 9.98. The molecule has 57 heavy (non-hydrogen) atoms. The van der Waals surface area contributed by atoms with Gasteiger partial charge in [-0.25, -0.2) is 4.98 Å². The summed E-state index contributed by atoms with van der Waals surface area (Å²) in [6, 6.07) is 12.4. The van der Waals surface area contributed by atoms with Crippen molar-refractivity contribution in [3.8, 4) is 34.3 Å². The number of pyridine rings is 3. The summed E-state index contributed by atoms with van der Waals surface area (Å²) in [5, 5.41) is 13.8. The number of rotatable bonds is 13. The molecule has 4 aromatic heterocycles. The fraction of sp³-hybridized carbons (Fsp3) is 0.390. The van der Waals surface area contributed by atoms with Crippen LogP contribution in [-0.2, 0) is 42.3 Å². The largest absolute Gasteiger partial charge is 0.481 e. The maximum atomic E-state index is 14.5. The first-order valence-corrected chi connectivity index (χ1v) is 19.4. The number of aromatic nitrogens is 4. The molecule has 12 nitrogen and oxygen atoms in total. The van der Waals surface area contributed by atoms with E-state index in [-0.39, 0.29) is 41.9 Å². The van der Waals surface area contributed by atoms with E-state index in [1.165, 1.54) is 7.11 Å². The number of carbonyl (C=O) groups excluding carboxylic acids is 2. The van der Waals surface area contributed by atoms with E-state index in [4.69, 9.17) is 26.1 Å². The normalized spacial score (nSPS) is 19.2. The number of methoxy groups -OCH3 is 1. The minimum Gasteiger partial charge on any atom is -0.481 e. The Bertz CT molecular complexity index is 2350. The Morgan fingerprint density at radius 1 is 0.895 bits per heavy atom. The molecule has 5 aromatic rings. The first kappa shape index (κ1) is 38.6. The summed E-state index contributed by atoms with van der Waals surface area (Å²) < 4.78 is 57.0. The molecule has 1 aliphatic carbocycles. The van der Waals surface area contributed by atoms with Crippen LogP contribution in [0.1, 0.15) is 66.0 Å². The number of hydrogen-bond acceptors (Lipinski definition) is 9. The Morgan fingerprint density at radius 2 is 1.61 bits per heavy atom. The van der Waals surface area contributed by atoms with E-state index in [1.807, 2.05) is 54.2 Å². The molecule has 6 heterocycles. The first-order chi connectivity index (χ1) is 27.5. The first-order valence-electron chi connectivity index (χ1n) is 19.0. The minimum atomic E-state index is -4.74. The molecule has 16 heteroatoms. The highest BCUT2D eigenvalue weighted by Crippen LogP contribution is 2.45. The van der Waals surface area contributed by atoms with Crippen LogP contribution in [0.15, 0.2) is 54.9 Å². The van der Waals surface area contributed by atoms with Crippen molar-refractivity contribution in [1.29, 1.82) is 0 Å². The van der Waals surface area contributed by atoms with E-state index >= 15 is 0 Å². The van der Waals surface area contributed by atoms with Gasteiger partial charge in [-0.2, -0.15) is 18.2 Å². The van der Waals surface area contributed by atoms with Gasteiger partial charge in [0.1, 0.15) is 17.3 Å². The molecule has 0 bridgehead atoms. The Labute approximate surface area is 331 Å². The minimum absolute atomic E-state index is 0.0198. The molecule has 0 radical (unpaired) electrons. The van der Waals surface area contributed by atoms with Crippen molar-refractivity contribution >= 4 is 34.4 Å². The van der Waals surface area contributed by atoms with E-state index in [0.717, 1.165) is 45.8 Å². The van der Waals surface area contributed by atoms with Crippen LogP contribution in [0.2, 0.25) is 5.02 Å². The standard InChI is InChI=1S/C41H42ClF3N8O4/c1-53-21-23(18-47-20-25-7-13-35(55)50-25)26-8-10-32(51-38(26)53)30-14-15-48-37(36(30)42)29-5-3-4-28-27(29)9-11-33(28)57-40-31(41(43,44)45)16-22(39(52-40)56-2)17-46-19-24-6-12-34(54)49-24/h3-5,8,10,14-16,21,24-25,33,46-47H,6-7,9,11-13,17-20H2,1-2H3,(H,49,54)(H,50,55)/t24-,25-,33-/m0/s1. The summed E-state index contributed by atoms with van der Waals surface area (Å²) >= 11 is 7.13. The molecule has 3 aliphatic rings. The highest BCUT2D eigenvalue weighted by atomic mass is 35.5. The summed E-state index contributed by atoms with van der Waals surface area (Å²) in [6.07, 6.45) is 1.69. The van der Waals surface area contributed by atoms with Crippen molar-refractivity contribution in [3.05, 3.63) is 87.7 Å². The number of alkyl halides is 3. The van der Waals surface area contributed by atoms with E-state index in [1.54, 1.807) is 6.20 Å². The molecule has 2 fully saturated rings. The van der Waals surface area contributed by atoms with Gasteiger partial charge in [-0.15, -0.1) is 0 Å². The van der Waals surface area contributed by atoms with E-state index < -0.39 is 23.7 Å². The monoisotopic (exact) mass is 802 g/mol. The fourth-order valence-corrected chi connectivity index (χ4v) is 8.40. The number of benzene rings is 1. The number of carbonyl (C=O) groups is 2. The molecule has 0 unspecified atom stereocenters. The zero-order valence-corrected chi connectivity index (χ0v) is 32.2. The summed E-state index contributed by atoms with van der Waals surface area (Å²) in [7, 11) is 3.30. The smallest absolute Gasteiger partial charge is 0.421 e. The lowest BCUT2D eigenvalue weighted by molar-refractivity contribution is -0.139. The Kier molecular flexibility index (Phi) is 10.8. The zero-order chi connectivity index (χ0) is 39.8. The van der Waals surface area contributed by atoms with Gasteiger partial charge in [-0.05, 0) is 66.6 Å². The maximum absolute atomic E-state index is 14.5. The number of ether oxygens (including phenoxy) is 2. The van der Waals surface area contributed by atoms with Crippen LogP contribution in [0.4, 0.5) is 13.2 Å². The molecule has 8 rings (SSSR count). The second-order valence-corrected chi connectivity index (χ2v) is 15.1. The third kappa shape index (κ3) is 8.00. The highest BCUT2D eigenvalue weighted by molar-refractivity contribution is 6.35. The Morgan fingerprint density at radius 3 is 2.28 bits per heavy atom. The van der Waals surface area contributed by atoms with Gasteiger partial charge in [-0.1, -0.05) is 29.8 Å². The van der Waals surface area contributed by atoms with Gasteiger partial charge in [-0.3, -0.25) is 14.6 Å². The number of fused-ring (bicyclic) bond motifs is 2. The zero-order valence-electron chi connectivity index (χ0n) is 31.4. The van der Waals surface area contributed by atoms with Crippen LogP contribution in [0, 0.1) is 0 Å². The summed E-state index contributed by atoms with van der Waals surface area (Å²) in [5.74, 6) is -0.487. The number of aryl methyl sites for hydroxylation is 1. The van der Waals surface area contributed by atoms with Crippen molar-refractivity contribution in [2.24, 2.45) is 7.05 Å². The lowest BCUT2D eigenvalue weighted by Crippen LogP contribution is -2.35. The van der Waals surface area contributed by atoms with E-state index in [9.17, 15) is 22.8 Å². The van der Waals surface area contributed by atoms with Crippen molar-refractivity contribution in [2.75, 3.05) is 20.2 Å². The van der Waals surface area contributed by atoms with Crippen LogP contribution < -0.4 is 30.7 Å². The quantitative estimate of drug-likeness (QED) is 0.110. The molecule has 298 valence electrons. The van der Waals surface area contributed by atoms with Gasteiger partial charge >= 0.3 is 6.18 Å². The third-order valence-corrected chi connectivity index (χ3v) is 11.3. The Hall–Kier alpha value is -5.25. The molecule has 1 aromatic carbocycles. The number of halogens is 4. The number of amides is 2. The molecule has 0 saturated carbocycles. The van der Waals surface area contributed by atoms with E-state index in [2.05, 4.69) is 31.2 Å². The summed E-state index contributed by atoms with van der Waals surface area (Å²) in [5.41, 5.74) is 5.38. The van der Waals surface area contributed by atoms with Gasteiger partial charge in [0.2, 0.25) is 23.6 Å². The molecular formula is C41H42ClF3N8O4. The molecule has 2 saturated heterocycles. The predicted octanol–water partition coefficient (Wildman–Crippen LogP) is 6.18. The van der Waals surface area contributed by atoms with Crippen LogP contribution in [0.5, 0.6) is 11.8 Å². The molecular weight excluding hydrogens is 761 g/mol. The summed E-state index contributed by atoms with van der Waals surface area (Å²) in [6.45, 7) is 1.78. The van der Waals surface area contributed by atoms with Gasteiger partial charge in [0.05, 0.1) is 23.5 Å². The third-order valence-electron chi connectivity index (χ3n) is 10.9. The van der Waals surface area contributed by atoms with Gasteiger partial charge < -0.3 is 35.3 Å². The average molecular weight is 803 g/mol. The van der Waals surface area contributed by atoms with Crippen molar-refractivity contribution in [2.45, 2.75) is 76.0 Å². The van der Waals surface area contributed by atoms with Gasteiger partial charge in [0.15, 0.2) is 0 Å². The van der Waals surface area contributed by atoms with Crippen LogP contribution in [-0.4, -0.2) is 63.6 Å². The van der Waals surface area contributed by atoms with Gasteiger partial charge in [0.25, 0.3) is 0 Å². The highest BCUT2D eigenvalue weighted by Gasteiger charge is 2.39. The Balaban J connectivity index is 1.02. The van der Waals surface area contributed by atoms with Crippen LogP contribution in [0.3, 0.4) is 0 Å². The average Bonchev–Trinajstić information content (AvgIpc) is 3.98. The fourth-order valence-electron chi connectivity index (χ4n) is 8.09.